The average Bonchev–Trinajstić information content (AvgIpc) is 3.39. The molecule has 0 N–H and O–H groups in total. The molecule has 0 fully saturated rings. The minimum Gasteiger partial charge on any atom is -0.223 e. The molecule has 216 valence electrons. The number of nitriles is 2. The van der Waals surface area contributed by atoms with Crippen molar-refractivity contribution in [1.29, 1.82) is 10.5 Å². The van der Waals surface area contributed by atoms with E-state index in [9.17, 15) is 10.5 Å². The van der Waals surface area contributed by atoms with Crippen LogP contribution >= 0.6 is 0 Å². The summed E-state index contributed by atoms with van der Waals surface area (Å²) in [5.74, 6) is 0. The zero-order valence-corrected chi connectivity index (χ0v) is 25.6. The van der Waals surface area contributed by atoms with Gasteiger partial charge in [0.15, 0.2) is 19.7 Å². The molecule has 44 heavy (non-hydrogen) atoms. The van der Waals surface area contributed by atoms with E-state index in [1.807, 2.05) is 60.7 Å². The van der Waals surface area contributed by atoms with Crippen LogP contribution in [-0.2, 0) is 19.7 Å². The largest absolute Gasteiger partial charge is 0.223 e. The first-order chi connectivity index (χ1) is 21.2. The molecule has 0 amide bonds. The molecule has 2 heterocycles. The molecule has 0 aromatic heterocycles. The fourth-order valence-electron chi connectivity index (χ4n) is 7.89. The Balaban J connectivity index is 1.62. The highest BCUT2D eigenvalue weighted by Gasteiger charge is 2.76. The van der Waals surface area contributed by atoms with Gasteiger partial charge < -0.3 is 0 Å². The first kappa shape index (κ1) is 28.0. The van der Waals surface area contributed by atoms with Crippen LogP contribution in [0.1, 0.15) is 37.8 Å². The third-order valence-electron chi connectivity index (χ3n) is 9.64. The molecule has 2 aliphatic heterocycles. The van der Waals surface area contributed by atoms with E-state index in [1.165, 1.54) is 0 Å². The van der Waals surface area contributed by atoms with Gasteiger partial charge in [-0.25, -0.2) is 16.8 Å². The lowest BCUT2D eigenvalue weighted by atomic mass is 9.65. The van der Waals surface area contributed by atoms with Crippen LogP contribution in [0.15, 0.2) is 118 Å². The predicted molar refractivity (Wildman–Crippen MR) is 169 cm³/mol. The van der Waals surface area contributed by atoms with Gasteiger partial charge in [0.2, 0.25) is 0 Å². The summed E-state index contributed by atoms with van der Waals surface area (Å²) in [7, 11) is -8.86. The van der Waals surface area contributed by atoms with Crippen LogP contribution in [-0.4, -0.2) is 26.3 Å². The van der Waals surface area contributed by atoms with Crippen molar-refractivity contribution in [3.05, 3.63) is 119 Å². The van der Waals surface area contributed by atoms with E-state index in [0.717, 1.165) is 11.1 Å². The van der Waals surface area contributed by atoms with Crippen LogP contribution in [0.3, 0.4) is 0 Å². The van der Waals surface area contributed by atoms with Gasteiger partial charge in [-0.2, -0.15) is 10.5 Å². The van der Waals surface area contributed by atoms with Crippen LogP contribution in [0.2, 0.25) is 0 Å². The van der Waals surface area contributed by atoms with Gasteiger partial charge in [-0.15, -0.1) is 0 Å². The van der Waals surface area contributed by atoms with Crippen molar-refractivity contribution in [2.75, 3.05) is 0 Å². The van der Waals surface area contributed by atoms with Gasteiger partial charge in [-0.1, -0.05) is 98.8 Å². The summed E-state index contributed by atoms with van der Waals surface area (Å²) in [6.45, 7) is 3.33. The molecule has 0 bridgehead atoms. The van der Waals surface area contributed by atoms with E-state index >= 15 is 16.8 Å². The summed E-state index contributed by atoms with van der Waals surface area (Å²) in [6, 6.07) is 33.0. The van der Waals surface area contributed by atoms with Crippen LogP contribution in [0.25, 0.3) is 33.4 Å². The molecule has 1 aliphatic carbocycles. The van der Waals surface area contributed by atoms with Gasteiger partial charge >= 0.3 is 0 Å². The normalized spacial score (nSPS) is 23.6. The molecule has 0 unspecified atom stereocenters. The molecule has 7 rings (SSSR count). The first-order valence-corrected chi connectivity index (χ1v) is 17.3. The van der Waals surface area contributed by atoms with Crippen LogP contribution < -0.4 is 0 Å². The number of benzene rings is 4. The molecule has 3 aliphatic rings. The lowest BCUT2D eigenvalue weighted by molar-refractivity contribution is 0.471. The molecule has 8 heteroatoms. The highest BCUT2D eigenvalue weighted by molar-refractivity contribution is 7.98. The summed E-state index contributed by atoms with van der Waals surface area (Å²) >= 11 is 0. The topological polar surface area (TPSA) is 116 Å². The number of nitrogens with zero attached hydrogens (tertiary/aromatic N) is 2. The summed E-state index contributed by atoms with van der Waals surface area (Å²) in [5, 5.41) is 21.2. The molecule has 0 saturated carbocycles. The van der Waals surface area contributed by atoms with Gasteiger partial charge in [0.1, 0.15) is 21.6 Å². The van der Waals surface area contributed by atoms with Crippen LogP contribution in [0.4, 0.5) is 0 Å². The molecule has 0 radical (unpaired) electrons. The van der Waals surface area contributed by atoms with E-state index < -0.39 is 29.2 Å². The van der Waals surface area contributed by atoms with Crippen molar-refractivity contribution < 1.29 is 16.8 Å². The molecule has 4 aromatic rings. The van der Waals surface area contributed by atoms with Crippen molar-refractivity contribution >= 4 is 30.8 Å². The Morgan fingerprint density at radius 1 is 0.545 bits per heavy atom. The zero-order valence-electron chi connectivity index (χ0n) is 24.0. The second-order valence-electron chi connectivity index (χ2n) is 11.2. The van der Waals surface area contributed by atoms with Crippen molar-refractivity contribution in [1.82, 2.24) is 0 Å². The quantitative estimate of drug-likeness (QED) is 0.241. The minimum atomic E-state index is -4.43. The van der Waals surface area contributed by atoms with E-state index in [-0.39, 0.29) is 56.1 Å². The molecule has 6 nitrogen and oxygen atoms in total. The fourth-order valence-corrected chi connectivity index (χ4v) is 13.9. The number of fused-ring (bicyclic) bond motifs is 7. The maximum Gasteiger partial charge on any atom is 0.190 e. The Bertz CT molecular complexity index is 2130. The van der Waals surface area contributed by atoms with E-state index in [4.69, 9.17) is 0 Å². The van der Waals surface area contributed by atoms with Crippen LogP contribution in [0, 0.1) is 22.7 Å². The summed E-state index contributed by atoms with van der Waals surface area (Å²) in [4.78, 5) is -0.0445. The standard InChI is InChI=1S/C36H26N2O4S2/c1-3-35-33(27-17-15-25(19-31(27)43(35,39)40)23-11-7-5-8-12-23)29(21-37)30(22-38)34-28-18-16-26(24-13-9-6-10-14-24)20-32(28)44(41,42)36(34,35)4-2/h5-20H,3-4H2,1-2H3/t35-,36-/m0/s1. The van der Waals surface area contributed by atoms with Crippen molar-refractivity contribution in [2.45, 2.75) is 46.0 Å². The van der Waals surface area contributed by atoms with E-state index in [2.05, 4.69) is 12.1 Å². The van der Waals surface area contributed by atoms with E-state index in [1.54, 1.807) is 50.2 Å². The SMILES string of the molecule is CC[C@]12C(=C(C#N)C(C#N)=C3c4ccc(-c5ccccc5)cc4S(=O)(=O)[C@@]31CC)c1ccc(-c3ccccc3)cc1S2(=O)=O. The Labute approximate surface area is 257 Å². The Hall–Kier alpha value is -4.76. The third kappa shape index (κ3) is 3.07. The lowest BCUT2D eigenvalue weighted by Gasteiger charge is -2.48. The molecular formula is C36H26N2O4S2. The fraction of sp³-hybridized carbons (Fsp3) is 0.167. The number of allylic oxidation sites excluding steroid dienone is 2. The van der Waals surface area contributed by atoms with Gasteiger partial charge in [0.25, 0.3) is 0 Å². The monoisotopic (exact) mass is 614 g/mol. The molecule has 4 aromatic carbocycles. The molecule has 2 atom stereocenters. The summed E-state index contributed by atoms with van der Waals surface area (Å²) in [6.07, 6.45) is -0.222. The number of sulfone groups is 2. The summed E-state index contributed by atoms with van der Waals surface area (Å²) in [5.41, 5.74) is 3.52. The lowest BCUT2D eigenvalue weighted by Crippen LogP contribution is -2.61. The van der Waals surface area contributed by atoms with Crippen molar-refractivity contribution in [3.8, 4) is 34.4 Å². The minimum absolute atomic E-state index is 0.0223. The number of hydrogen-bond acceptors (Lipinski definition) is 6. The number of rotatable bonds is 4. The smallest absolute Gasteiger partial charge is 0.190 e. The second kappa shape index (κ2) is 9.37. The summed E-state index contributed by atoms with van der Waals surface area (Å²) < 4.78 is 56.5. The van der Waals surface area contributed by atoms with Gasteiger partial charge in [-0.05, 0) is 58.4 Å². The third-order valence-corrected chi connectivity index (χ3v) is 15.1. The first-order valence-electron chi connectivity index (χ1n) is 14.3. The van der Waals surface area contributed by atoms with E-state index in [0.29, 0.717) is 11.1 Å². The van der Waals surface area contributed by atoms with Gasteiger partial charge in [0, 0.05) is 11.1 Å². The zero-order chi connectivity index (χ0) is 31.1. The Morgan fingerprint density at radius 3 is 1.23 bits per heavy atom. The maximum absolute atomic E-state index is 15.1. The molecule has 0 spiro atoms. The van der Waals surface area contributed by atoms with Crippen molar-refractivity contribution in [3.63, 3.8) is 0 Å². The van der Waals surface area contributed by atoms with Crippen LogP contribution in [0.5, 0.6) is 0 Å². The highest BCUT2D eigenvalue weighted by atomic mass is 32.2. The molecule has 0 saturated heterocycles. The Kier molecular flexibility index (Phi) is 5.97. The number of hydrogen-bond donors (Lipinski definition) is 0. The second-order valence-corrected chi connectivity index (χ2v) is 15.5. The Morgan fingerprint density at radius 2 is 0.909 bits per heavy atom. The van der Waals surface area contributed by atoms with Gasteiger partial charge in [-0.3, -0.25) is 0 Å². The highest BCUT2D eigenvalue weighted by Crippen LogP contribution is 2.70. The average molecular weight is 615 g/mol. The molecular weight excluding hydrogens is 589 g/mol. The van der Waals surface area contributed by atoms with Crippen molar-refractivity contribution in [2.24, 2.45) is 0 Å². The predicted octanol–water partition coefficient (Wildman–Crippen LogP) is 7.16. The maximum atomic E-state index is 15.1. The van der Waals surface area contributed by atoms with Gasteiger partial charge in [0.05, 0.1) is 20.9 Å².